The van der Waals surface area contributed by atoms with Crippen LogP contribution in [0.2, 0.25) is 10.0 Å². The third-order valence-corrected chi connectivity index (χ3v) is 4.01. The number of ketones is 1. The topological polar surface area (TPSA) is 29.5 Å². The smallest absolute Gasteiger partial charge is 0.178 e. The summed E-state index contributed by atoms with van der Waals surface area (Å²) in [5.41, 5.74) is 0.537. The molecular weight excluding hydrogens is 297 g/mol. The van der Waals surface area contributed by atoms with E-state index >= 15 is 0 Å². The Balaban J connectivity index is 1.97. The first-order valence-corrected chi connectivity index (χ1v) is 7.68. The second-order valence-electron chi connectivity index (χ2n) is 5.00. The largest absolute Gasteiger partial charge is 0.377 e. The highest BCUT2D eigenvalue weighted by Gasteiger charge is 2.22. The Morgan fingerprint density at radius 3 is 2.95 bits per heavy atom. The monoisotopic (exact) mass is 315 g/mol. The number of carbonyl (C=O) groups is 1. The Hall–Kier alpha value is -0.610. The second kappa shape index (κ2) is 7.41. The van der Waals surface area contributed by atoms with Gasteiger partial charge in [-0.2, -0.15) is 0 Å². The number of hydrogen-bond donors (Lipinski definition) is 0. The molecule has 110 valence electrons. The molecule has 1 atom stereocenters. The molecule has 1 aliphatic rings. The van der Waals surface area contributed by atoms with Crippen molar-refractivity contribution in [2.75, 3.05) is 26.2 Å². The van der Waals surface area contributed by atoms with Gasteiger partial charge in [0.1, 0.15) is 0 Å². The summed E-state index contributed by atoms with van der Waals surface area (Å²) >= 11 is 11.9. The standard InChI is InChI=1S/C15H19Cl2NO2/c1-2-20-12-4-3-7-18(9-12)10-15(19)13-6-5-11(16)8-14(13)17/h5-6,8,12H,2-4,7,9-10H2,1H3. The predicted molar refractivity (Wildman–Crippen MR) is 81.9 cm³/mol. The number of halogens is 2. The van der Waals surface area contributed by atoms with E-state index in [1.807, 2.05) is 6.92 Å². The van der Waals surface area contributed by atoms with Gasteiger partial charge < -0.3 is 4.74 Å². The summed E-state index contributed by atoms with van der Waals surface area (Å²) in [5, 5.41) is 0.960. The van der Waals surface area contributed by atoms with Crippen LogP contribution in [0.15, 0.2) is 18.2 Å². The number of likely N-dealkylation sites (tertiary alicyclic amines) is 1. The van der Waals surface area contributed by atoms with Gasteiger partial charge in [-0.05, 0) is 44.5 Å². The number of ether oxygens (including phenoxy) is 1. The molecule has 0 N–H and O–H groups in total. The molecule has 1 heterocycles. The van der Waals surface area contributed by atoms with Gasteiger partial charge in [0.05, 0.1) is 17.7 Å². The van der Waals surface area contributed by atoms with E-state index in [-0.39, 0.29) is 11.9 Å². The lowest BCUT2D eigenvalue weighted by molar-refractivity contribution is 0.00719. The lowest BCUT2D eigenvalue weighted by Crippen LogP contribution is -2.42. The number of rotatable bonds is 5. The van der Waals surface area contributed by atoms with Crippen molar-refractivity contribution in [3.8, 4) is 0 Å². The van der Waals surface area contributed by atoms with Gasteiger partial charge in [-0.1, -0.05) is 23.2 Å². The Morgan fingerprint density at radius 2 is 2.25 bits per heavy atom. The average molecular weight is 316 g/mol. The Labute approximate surface area is 129 Å². The van der Waals surface area contributed by atoms with Crippen LogP contribution < -0.4 is 0 Å². The fraction of sp³-hybridized carbons (Fsp3) is 0.533. The van der Waals surface area contributed by atoms with E-state index in [9.17, 15) is 4.79 Å². The third kappa shape index (κ3) is 4.19. The van der Waals surface area contributed by atoms with Gasteiger partial charge in [0, 0.05) is 23.7 Å². The van der Waals surface area contributed by atoms with Crippen LogP contribution in [0.5, 0.6) is 0 Å². The molecule has 2 rings (SSSR count). The van der Waals surface area contributed by atoms with Crippen LogP contribution in [0.1, 0.15) is 30.1 Å². The number of Topliss-reactive ketones (excluding diaryl/α,β-unsaturated/α-hetero) is 1. The van der Waals surface area contributed by atoms with Crippen LogP contribution >= 0.6 is 23.2 Å². The lowest BCUT2D eigenvalue weighted by atomic mass is 10.1. The molecule has 1 aromatic rings. The minimum absolute atomic E-state index is 0.0313. The van der Waals surface area contributed by atoms with Gasteiger partial charge in [0.15, 0.2) is 5.78 Å². The molecule has 0 radical (unpaired) electrons. The maximum Gasteiger partial charge on any atom is 0.178 e. The van der Waals surface area contributed by atoms with E-state index in [1.165, 1.54) is 0 Å². The molecule has 0 aliphatic carbocycles. The molecule has 1 aromatic carbocycles. The van der Waals surface area contributed by atoms with Crippen molar-refractivity contribution in [3.05, 3.63) is 33.8 Å². The molecule has 0 bridgehead atoms. The molecule has 1 fully saturated rings. The molecular formula is C15H19Cl2NO2. The first-order valence-electron chi connectivity index (χ1n) is 6.92. The third-order valence-electron chi connectivity index (χ3n) is 3.46. The van der Waals surface area contributed by atoms with Gasteiger partial charge in [-0.25, -0.2) is 0 Å². The van der Waals surface area contributed by atoms with E-state index in [2.05, 4.69) is 4.90 Å². The van der Waals surface area contributed by atoms with Crippen LogP contribution in [0, 0.1) is 0 Å². The van der Waals surface area contributed by atoms with Gasteiger partial charge in [0.2, 0.25) is 0 Å². The van der Waals surface area contributed by atoms with E-state index in [1.54, 1.807) is 18.2 Å². The predicted octanol–water partition coefficient (Wildman–Crippen LogP) is 3.68. The highest BCUT2D eigenvalue weighted by atomic mass is 35.5. The van der Waals surface area contributed by atoms with Gasteiger partial charge in [-0.3, -0.25) is 9.69 Å². The molecule has 0 saturated carbocycles. The Morgan fingerprint density at radius 1 is 1.45 bits per heavy atom. The summed E-state index contributed by atoms with van der Waals surface area (Å²) in [6.45, 7) is 4.84. The van der Waals surface area contributed by atoms with Crippen molar-refractivity contribution < 1.29 is 9.53 Å². The minimum atomic E-state index is 0.0313. The molecule has 0 aromatic heterocycles. The van der Waals surface area contributed by atoms with Gasteiger partial charge in [0.25, 0.3) is 0 Å². The quantitative estimate of drug-likeness (QED) is 0.776. The summed E-state index contributed by atoms with van der Waals surface area (Å²) in [6.07, 6.45) is 2.37. The molecule has 1 unspecified atom stereocenters. The van der Waals surface area contributed by atoms with E-state index < -0.39 is 0 Å². The molecule has 5 heteroatoms. The molecule has 1 saturated heterocycles. The van der Waals surface area contributed by atoms with E-state index in [4.69, 9.17) is 27.9 Å². The Kier molecular flexibility index (Phi) is 5.85. The highest BCUT2D eigenvalue weighted by molar-refractivity contribution is 6.36. The van der Waals surface area contributed by atoms with Crippen LogP contribution in [-0.4, -0.2) is 43.0 Å². The number of nitrogens with zero attached hydrogens (tertiary/aromatic N) is 1. The van der Waals surface area contributed by atoms with Crippen molar-refractivity contribution in [1.29, 1.82) is 0 Å². The van der Waals surface area contributed by atoms with Crippen molar-refractivity contribution in [2.24, 2.45) is 0 Å². The maximum absolute atomic E-state index is 12.3. The zero-order valence-electron chi connectivity index (χ0n) is 11.6. The molecule has 0 amide bonds. The SMILES string of the molecule is CCOC1CCCN(CC(=O)c2ccc(Cl)cc2Cl)C1. The zero-order chi connectivity index (χ0) is 14.5. The number of benzene rings is 1. The molecule has 3 nitrogen and oxygen atoms in total. The van der Waals surface area contributed by atoms with Crippen LogP contribution in [0.25, 0.3) is 0 Å². The maximum atomic E-state index is 12.3. The van der Waals surface area contributed by atoms with Crippen LogP contribution in [0.3, 0.4) is 0 Å². The average Bonchev–Trinajstić information content (AvgIpc) is 2.39. The summed E-state index contributed by atoms with van der Waals surface area (Å²) in [6, 6.07) is 4.99. The van der Waals surface area contributed by atoms with Crippen molar-refractivity contribution in [3.63, 3.8) is 0 Å². The van der Waals surface area contributed by atoms with Crippen molar-refractivity contribution >= 4 is 29.0 Å². The molecule has 0 spiro atoms. The zero-order valence-corrected chi connectivity index (χ0v) is 13.1. The lowest BCUT2D eigenvalue weighted by Gasteiger charge is -2.31. The van der Waals surface area contributed by atoms with Gasteiger partial charge >= 0.3 is 0 Å². The van der Waals surface area contributed by atoms with Crippen molar-refractivity contribution in [2.45, 2.75) is 25.9 Å². The second-order valence-corrected chi connectivity index (χ2v) is 5.85. The van der Waals surface area contributed by atoms with Crippen LogP contribution in [0.4, 0.5) is 0 Å². The highest BCUT2D eigenvalue weighted by Crippen LogP contribution is 2.22. The van der Waals surface area contributed by atoms with Gasteiger partial charge in [-0.15, -0.1) is 0 Å². The van der Waals surface area contributed by atoms with Crippen LogP contribution in [-0.2, 0) is 4.74 Å². The normalized spacial score (nSPS) is 20.1. The fourth-order valence-electron chi connectivity index (χ4n) is 2.53. The molecule has 20 heavy (non-hydrogen) atoms. The van der Waals surface area contributed by atoms with E-state index in [0.29, 0.717) is 22.2 Å². The first kappa shape index (κ1) is 15.8. The van der Waals surface area contributed by atoms with Crippen molar-refractivity contribution in [1.82, 2.24) is 4.90 Å². The first-order chi connectivity index (χ1) is 9.60. The molecule has 1 aliphatic heterocycles. The summed E-state index contributed by atoms with van der Waals surface area (Å²) in [5.74, 6) is 0.0313. The number of piperidine rings is 1. The minimum Gasteiger partial charge on any atom is -0.377 e. The summed E-state index contributed by atoms with van der Waals surface area (Å²) in [7, 11) is 0. The van der Waals surface area contributed by atoms with E-state index in [0.717, 1.165) is 32.5 Å². The summed E-state index contributed by atoms with van der Waals surface area (Å²) < 4.78 is 5.64. The Bertz CT molecular complexity index is 477. The number of carbonyl (C=O) groups excluding carboxylic acids is 1. The fourth-order valence-corrected chi connectivity index (χ4v) is 3.05. The summed E-state index contributed by atoms with van der Waals surface area (Å²) in [4.78, 5) is 14.4. The number of hydrogen-bond acceptors (Lipinski definition) is 3.